The van der Waals surface area contributed by atoms with Crippen LogP contribution < -0.4 is 5.32 Å². The number of carbonyl (C=O) groups excluding carboxylic acids is 2. The van der Waals surface area contributed by atoms with Crippen LogP contribution in [0.5, 0.6) is 0 Å². The lowest BCUT2D eigenvalue weighted by molar-refractivity contribution is -0.132. The van der Waals surface area contributed by atoms with Gasteiger partial charge in [-0.2, -0.15) is 0 Å². The van der Waals surface area contributed by atoms with Gasteiger partial charge in [0.2, 0.25) is 11.8 Å². The van der Waals surface area contributed by atoms with Gasteiger partial charge in [-0.3, -0.25) is 9.59 Å². The van der Waals surface area contributed by atoms with Crippen LogP contribution in [0.25, 0.3) is 0 Å². The highest BCUT2D eigenvalue weighted by molar-refractivity contribution is 8.00. The number of carbonyl (C=O) groups is 2. The molecule has 0 radical (unpaired) electrons. The Bertz CT molecular complexity index is 440. The van der Waals surface area contributed by atoms with Crippen molar-refractivity contribution in [2.24, 2.45) is 11.8 Å². The molecule has 0 bridgehead atoms. The Morgan fingerprint density at radius 3 is 2.54 bits per heavy atom. The van der Waals surface area contributed by atoms with Crippen molar-refractivity contribution in [1.82, 2.24) is 10.2 Å². The predicted molar refractivity (Wildman–Crippen MR) is 96.0 cm³/mol. The Morgan fingerprint density at radius 1 is 1.00 bits per heavy atom. The molecule has 0 spiro atoms. The summed E-state index contributed by atoms with van der Waals surface area (Å²) in [4.78, 5) is 26.0. The molecule has 3 rings (SSSR count). The number of nitrogens with one attached hydrogen (secondary N) is 1. The highest BCUT2D eigenvalue weighted by Gasteiger charge is 2.32. The van der Waals surface area contributed by atoms with Crippen LogP contribution in [-0.4, -0.2) is 60.6 Å². The molecule has 2 amide bonds. The Labute approximate surface area is 149 Å². The van der Waals surface area contributed by atoms with Crippen molar-refractivity contribution in [3.63, 3.8) is 0 Å². The van der Waals surface area contributed by atoms with Crippen molar-refractivity contribution in [3.05, 3.63) is 0 Å². The first kappa shape index (κ1) is 18.1. The van der Waals surface area contributed by atoms with E-state index in [4.69, 9.17) is 4.74 Å². The monoisotopic (exact) mass is 354 g/mol. The normalized spacial score (nSPS) is 30.5. The fourth-order valence-electron chi connectivity index (χ4n) is 4.41. The molecule has 2 saturated carbocycles. The number of nitrogens with zero attached hydrogens (tertiary/aromatic N) is 1. The molecule has 1 saturated heterocycles. The number of thioether (sulfide) groups is 1. The summed E-state index contributed by atoms with van der Waals surface area (Å²) in [6.07, 6.45) is 9.06. The smallest absolute Gasteiger partial charge is 0.232 e. The largest absolute Gasteiger partial charge is 0.378 e. The SMILES string of the molecule is O=C(CSCC(=O)N1CCOCC1)N[C@@H]1CC[C@@H]2CCCC[C@@H]2C1. The molecule has 3 aliphatic rings. The van der Waals surface area contributed by atoms with Crippen LogP contribution in [0.15, 0.2) is 0 Å². The third kappa shape index (κ3) is 5.12. The second-order valence-corrected chi connectivity index (χ2v) is 8.35. The second kappa shape index (κ2) is 9.09. The van der Waals surface area contributed by atoms with E-state index in [1.807, 2.05) is 4.90 Å². The summed E-state index contributed by atoms with van der Waals surface area (Å²) in [6.45, 7) is 2.61. The third-order valence-corrected chi connectivity index (χ3v) is 6.64. The minimum absolute atomic E-state index is 0.0917. The standard InChI is InChI=1S/C18H30N2O3S/c21-17(12-24-13-18(22)20-7-9-23-10-8-20)19-16-6-5-14-3-1-2-4-15(14)11-16/h14-16H,1-13H2,(H,19,21)/t14-,15+,16+/m0/s1. The molecule has 0 unspecified atom stereocenters. The van der Waals surface area contributed by atoms with Gasteiger partial charge in [0, 0.05) is 19.1 Å². The Morgan fingerprint density at radius 2 is 1.75 bits per heavy atom. The minimum atomic E-state index is 0.0917. The number of hydrogen-bond donors (Lipinski definition) is 1. The zero-order valence-electron chi connectivity index (χ0n) is 14.5. The fourth-order valence-corrected chi connectivity index (χ4v) is 5.14. The van der Waals surface area contributed by atoms with Gasteiger partial charge >= 0.3 is 0 Å². The number of hydrogen-bond acceptors (Lipinski definition) is 4. The average molecular weight is 355 g/mol. The van der Waals surface area contributed by atoms with E-state index in [2.05, 4.69) is 5.32 Å². The first-order chi connectivity index (χ1) is 11.7. The molecule has 1 aliphatic heterocycles. The topological polar surface area (TPSA) is 58.6 Å². The van der Waals surface area contributed by atoms with Gasteiger partial charge in [-0.25, -0.2) is 0 Å². The molecular formula is C18H30N2O3S. The maximum Gasteiger partial charge on any atom is 0.232 e. The van der Waals surface area contributed by atoms with Gasteiger partial charge in [0.1, 0.15) is 0 Å². The third-order valence-electron chi connectivity index (χ3n) is 5.73. The maximum atomic E-state index is 12.2. The van der Waals surface area contributed by atoms with Crippen LogP contribution in [-0.2, 0) is 14.3 Å². The van der Waals surface area contributed by atoms with Gasteiger partial charge < -0.3 is 15.0 Å². The molecule has 6 heteroatoms. The highest BCUT2D eigenvalue weighted by atomic mass is 32.2. The zero-order valence-corrected chi connectivity index (χ0v) is 15.3. The molecule has 0 aromatic carbocycles. The Balaban J connectivity index is 1.31. The number of amides is 2. The average Bonchev–Trinajstić information content (AvgIpc) is 2.62. The van der Waals surface area contributed by atoms with E-state index in [9.17, 15) is 9.59 Å². The van der Waals surface area contributed by atoms with Crippen LogP contribution in [0.1, 0.15) is 44.9 Å². The van der Waals surface area contributed by atoms with Crippen LogP contribution in [0.2, 0.25) is 0 Å². The van der Waals surface area contributed by atoms with Crippen LogP contribution >= 0.6 is 11.8 Å². The molecule has 24 heavy (non-hydrogen) atoms. The van der Waals surface area contributed by atoms with E-state index in [0.29, 0.717) is 43.9 Å². The number of morpholine rings is 1. The Kier molecular flexibility index (Phi) is 6.84. The summed E-state index contributed by atoms with van der Waals surface area (Å²) in [7, 11) is 0. The number of fused-ring (bicyclic) bond motifs is 1. The van der Waals surface area contributed by atoms with Crippen molar-refractivity contribution < 1.29 is 14.3 Å². The van der Waals surface area contributed by atoms with Crippen LogP contribution in [0.3, 0.4) is 0 Å². The lowest BCUT2D eigenvalue weighted by Crippen LogP contribution is -2.43. The summed E-state index contributed by atoms with van der Waals surface area (Å²) in [5.41, 5.74) is 0. The van der Waals surface area contributed by atoms with E-state index in [1.54, 1.807) is 0 Å². The van der Waals surface area contributed by atoms with Gasteiger partial charge in [-0.05, 0) is 31.1 Å². The predicted octanol–water partition coefficient (Wildman–Crippen LogP) is 2.05. The first-order valence-electron chi connectivity index (χ1n) is 9.45. The van der Waals surface area contributed by atoms with Crippen LogP contribution in [0.4, 0.5) is 0 Å². The van der Waals surface area contributed by atoms with Crippen molar-refractivity contribution in [2.45, 2.75) is 51.0 Å². The summed E-state index contributed by atoms with van der Waals surface area (Å²) >= 11 is 1.43. The molecule has 3 atom stereocenters. The molecule has 3 fully saturated rings. The van der Waals surface area contributed by atoms with Gasteiger partial charge in [-0.15, -0.1) is 11.8 Å². The highest BCUT2D eigenvalue weighted by Crippen LogP contribution is 2.40. The van der Waals surface area contributed by atoms with E-state index >= 15 is 0 Å². The van der Waals surface area contributed by atoms with E-state index in [1.165, 1.54) is 43.9 Å². The van der Waals surface area contributed by atoms with E-state index in [-0.39, 0.29) is 11.8 Å². The van der Waals surface area contributed by atoms with Crippen molar-refractivity contribution >= 4 is 23.6 Å². The molecule has 2 aliphatic carbocycles. The maximum absolute atomic E-state index is 12.2. The lowest BCUT2D eigenvalue weighted by atomic mass is 9.69. The van der Waals surface area contributed by atoms with Crippen molar-refractivity contribution in [1.29, 1.82) is 0 Å². The molecule has 0 aromatic heterocycles. The fraction of sp³-hybridized carbons (Fsp3) is 0.889. The molecule has 1 heterocycles. The summed E-state index contributed by atoms with van der Waals surface area (Å²) in [5.74, 6) is 2.73. The van der Waals surface area contributed by atoms with Crippen molar-refractivity contribution in [3.8, 4) is 0 Å². The van der Waals surface area contributed by atoms with E-state index in [0.717, 1.165) is 24.7 Å². The summed E-state index contributed by atoms with van der Waals surface area (Å²) in [5, 5.41) is 3.20. The van der Waals surface area contributed by atoms with Gasteiger partial charge in [-0.1, -0.05) is 25.7 Å². The van der Waals surface area contributed by atoms with Gasteiger partial charge in [0.15, 0.2) is 0 Å². The molecule has 0 aromatic rings. The second-order valence-electron chi connectivity index (χ2n) is 7.37. The molecule has 5 nitrogen and oxygen atoms in total. The lowest BCUT2D eigenvalue weighted by Gasteiger charge is -2.39. The van der Waals surface area contributed by atoms with Crippen molar-refractivity contribution in [2.75, 3.05) is 37.8 Å². The quantitative estimate of drug-likeness (QED) is 0.821. The summed E-state index contributed by atoms with van der Waals surface area (Å²) in [6, 6.07) is 0.354. The Hall–Kier alpha value is -0.750. The van der Waals surface area contributed by atoms with Crippen LogP contribution in [0, 0.1) is 11.8 Å². The van der Waals surface area contributed by atoms with Gasteiger partial charge in [0.05, 0.1) is 24.7 Å². The number of rotatable bonds is 5. The molecule has 1 N–H and O–H groups in total. The number of ether oxygens (including phenoxy) is 1. The molecular weight excluding hydrogens is 324 g/mol. The summed E-state index contributed by atoms with van der Waals surface area (Å²) < 4.78 is 5.25. The van der Waals surface area contributed by atoms with E-state index < -0.39 is 0 Å². The molecule has 136 valence electrons. The minimum Gasteiger partial charge on any atom is -0.378 e. The van der Waals surface area contributed by atoms with Gasteiger partial charge in [0.25, 0.3) is 0 Å². The zero-order chi connectivity index (χ0) is 16.8. The first-order valence-corrected chi connectivity index (χ1v) is 10.6.